The first-order valence-electron chi connectivity index (χ1n) is 8.55. The van der Waals surface area contributed by atoms with E-state index in [2.05, 4.69) is 10.6 Å². The monoisotopic (exact) mass is 368 g/mol. The summed E-state index contributed by atoms with van der Waals surface area (Å²) < 4.78 is 5.25. The minimum atomic E-state index is -0.970. The van der Waals surface area contributed by atoms with Gasteiger partial charge in [-0.2, -0.15) is 0 Å². The molecule has 2 amide bonds. The van der Waals surface area contributed by atoms with Crippen molar-refractivity contribution in [3.63, 3.8) is 0 Å². The van der Waals surface area contributed by atoms with Gasteiger partial charge in [0.1, 0.15) is 5.75 Å². The van der Waals surface area contributed by atoms with E-state index < -0.39 is 17.8 Å². The average molecular weight is 368 g/mol. The van der Waals surface area contributed by atoms with Crippen LogP contribution in [0.1, 0.15) is 21.5 Å². The van der Waals surface area contributed by atoms with Crippen molar-refractivity contribution in [2.45, 2.75) is 13.3 Å². The number of carboxylic acid groups (broad SMARTS) is 1. The normalized spacial score (nSPS) is 13.7. The third-order valence-electron chi connectivity index (χ3n) is 4.30. The van der Waals surface area contributed by atoms with Gasteiger partial charge in [-0.05, 0) is 37.1 Å². The Balaban J connectivity index is 1.65. The molecule has 1 aliphatic rings. The lowest BCUT2D eigenvalue weighted by Crippen LogP contribution is -2.34. The molecule has 0 fully saturated rings. The number of benzene rings is 2. The zero-order valence-corrected chi connectivity index (χ0v) is 14.8. The molecule has 0 bridgehead atoms. The fourth-order valence-corrected chi connectivity index (χ4v) is 2.91. The van der Waals surface area contributed by atoms with Crippen molar-refractivity contribution >= 4 is 23.5 Å². The number of nitrogens with one attached hydrogen (secondary N) is 2. The van der Waals surface area contributed by atoms with E-state index in [0.29, 0.717) is 23.4 Å². The molecule has 2 aromatic rings. The van der Waals surface area contributed by atoms with Crippen LogP contribution in [0.4, 0.5) is 5.69 Å². The number of fused-ring (bicyclic) bond motifs is 1. The van der Waals surface area contributed by atoms with E-state index in [0.717, 1.165) is 11.1 Å². The van der Waals surface area contributed by atoms with Crippen LogP contribution < -0.4 is 15.4 Å². The van der Waals surface area contributed by atoms with Gasteiger partial charge in [0.05, 0.1) is 11.6 Å². The first-order valence-corrected chi connectivity index (χ1v) is 8.55. The fourth-order valence-electron chi connectivity index (χ4n) is 2.91. The predicted molar refractivity (Wildman–Crippen MR) is 98.9 cm³/mol. The summed E-state index contributed by atoms with van der Waals surface area (Å²) in [4.78, 5) is 35.3. The molecule has 0 aromatic heterocycles. The zero-order chi connectivity index (χ0) is 19.4. The average Bonchev–Trinajstić information content (AvgIpc) is 2.64. The molecule has 27 heavy (non-hydrogen) atoms. The molecule has 7 heteroatoms. The van der Waals surface area contributed by atoms with Crippen molar-refractivity contribution in [2.24, 2.45) is 5.92 Å². The number of carbonyl (C=O) groups is 3. The summed E-state index contributed by atoms with van der Waals surface area (Å²) in [6.07, 6.45) is 0.325. The van der Waals surface area contributed by atoms with Gasteiger partial charge in [0, 0.05) is 12.1 Å². The lowest BCUT2D eigenvalue weighted by atomic mass is 9.98. The molecule has 0 saturated carbocycles. The second-order valence-corrected chi connectivity index (χ2v) is 6.49. The highest BCUT2D eigenvalue weighted by atomic mass is 16.5. The Morgan fingerprint density at radius 3 is 2.81 bits per heavy atom. The van der Waals surface area contributed by atoms with Gasteiger partial charge in [-0.1, -0.05) is 29.8 Å². The lowest BCUT2D eigenvalue weighted by molar-refractivity contribution is -0.141. The minimum absolute atomic E-state index is 0.00204. The first-order chi connectivity index (χ1) is 12.9. The number of rotatable bonds is 6. The number of hydrogen-bond acceptors (Lipinski definition) is 4. The Morgan fingerprint density at radius 1 is 1.26 bits per heavy atom. The minimum Gasteiger partial charge on any atom is -0.482 e. The van der Waals surface area contributed by atoms with Crippen LogP contribution in [-0.2, 0) is 16.0 Å². The summed E-state index contributed by atoms with van der Waals surface area (Å²) in [6, 6.07) is 12.3. The Morgan fingerprint density at radius 2 is 2.07 bits per heavy atom. The molecule has 0 aliphatic carbocycles. The Bertz CT molecular complexity index is 894. The molecule has 0 spiro atoms. The van der Waals surface area contributed by atoms with Crippen LogP contribution in [0.15, 0.2) is 42.5 Å². The van der Waals surface area contributed by atoms with E-state index in [9.17, 15) is 19.5 Å². The fraction of sp³-hybridized carbons (Fsp3) is 0.250. The summed E-state index contributed by atoms with van der Waals surface area (Å²) in [6.45, 7) is 1.89. The van der Waals surface area contributed by atoms with Gasteiger partial charge < -0.3 is 20.5 Å². The molecule has 0 radical (unpaired) electrons. The van der Waals surface area contributed by atoms with E-state index in [-0.39, 0.29) is 19.1 Å². The summed E-state index contributed by atoms with van der Waals surface area (Å²) in [7, 11) is 0. The van der Waals surface area contributed by atoms with Crippen LogP contribution in [-0.4, -0.2) is 36.0 Å². The van der Waals surface area contributed by atoms with Crippen molar-refractivity contribution in [1.29, 1.82) is 0 Å². The van der Waals surface area contributed by atoms with Crippen molar-refractivity contribution < 1.29 is 24.2 Å². The largest absolute Gasteiger partial charge is 0.482 e. The van der Waals surface area contributed by atoms with Crippen LogP contribution in [0.3, 0.4) is 0 Å². The van der Waals surface area contributed by atoms with Gasteiger partial charge in [0.25, 0.3) is 11.8 Å². The van der Waals surface area contributed by atoms with E-state index in [1.165, 1.54) is 6.07 Å². The number of carboxylic acids is 1. The molecule has 1 atom stereocenters. The number of hydrogen-bond donors (Lipinski definition) is 3. The summed E-state index contributed by atoms with van der Waals surface area (Å²) in [5.74, 6) is -1.91. The Labute approximate surface area is 156 Å². The van der Waals surface area contributed by atoms with E-state index in [1.54, 1.807) is 12.1 Å². The van der Waals surface area contributed by atoms with Gasteiger partial charge in [-0.25, -0.2) is 0 Å². The molecule has 7 nitrogen and oxygen atoms in total. The summed E-state index contributed by atoms with van der Waals surface area (Å²) >= 11 is 0. The molecule has 3 rings (SSSR count). The number of anilines is 1. The van der Waals surface area contributed by atoms with E-state index in [4.69, 9.17) is 4.74 Å². The van der Waals surface area contributed by atoms with Crippen molar-refractivity contribution in [1.82, 2.24) is 5.32 Å². The SMILES string of the molecule is Cc1cccc(CC(CNC(=O)c2ccc3c(c2)NC(=O)CO3)C(=O)O)c1. The third kappa shape index (κ3) is 4.63. The zero-order valence-electron chi connectivity index (χ0n) is 14.8. The second-order valence-electron chi connectivity index (χ2n) is 6.49. The standard InChI is InChI=1S/C20H20N2O5/c1-12-3-2-4-13(7-12)8-15(20(25)26)10-21-19(24)14-5-6-17-16(9-14)22-18(23)11-27-17/h2-7,9,15H,8,10-11H2,1H3,(H,21,24)(H,22,23)(H,25,26). The Hall–Kier alpha value is -3.35. The molecular formula is C20H20N2O5. The topological polar surface area (TPSA) is 105 Å². The smallest absolute Gasteiger partial charge is 0.308 e. The van der Waals surface area contributed by atoms with Gasteiger partial charge in [-0.3, -0.25) is 14.4 Å². The lowest BCUT2D eigenvalue weighted by Gasteiger charge is -2.18. The Kier molecular flexibility index (Phi) is 5.40. The van der Waals surface area contributed by atoms with Crippen LogP contribution >= 0.6 is 0 Å². The van der Waals surface area contributed by atoms with Crippen LogP contribution in [0, 0.1) is 12.8 Å². The molecule has 1 unspecified atom stereocenters. The van der Waals surface area contributed by atoms with Gasteiger partial charge in [0.15, 0.2) is 6.61 Å². The molecule has 2 aromatic carbocycles. The van der Waals surface area contributed by atoms with Crippen molar-refractivity contribution in [2.75, 3.05) is 18.5 Å². The molecular weight excluding hydrogens is 348 g/mol. The number of carbonyl (C=O) groups excluding carboxylic acids is 2. The number of ether oxygens (including phenoxy) is 1. The molecule has 1 aliphatic heterocycles. The molecule has 1 heterocycles. The van der Waals surface area contributed by atoms with Gasteiger partial charge in [-0.15, -0.1) is 0 Å². The van der Waals surface area contributed by atoms with Gasteiger partial charge in [0.2, 0.25) is 0 Å². The third-order valence-corrected chi connectivity index (χ3v) is 4.30. The van der Waals surface area contributed by atoms with Crippen LogP contribution in [0.25, 0.3) is 0 Å². The highest BCUT2D eigenvalue weighted by Gasteiger charge is 2.21. The predicted octanol–water partition coefficient (Wildman–Crippen LogP) is 2.00. The first kappa shape index (κ1) is 18.4. The molecule has 140 valence electrons. The molecule has 0 saturated heterocycles. The quantitative estimate of drug-likeness (QED) is 0.723. The number of aliphatic carboxylic acids is 1. The van der Waals surface area contributed by atoms with Crippen molar-refractivity contribution in [3.05, 3.63) is 59.2 Å². The summed E-state index contributed by atoms with van der Waals surface area (Å²) in [5, 5.41) is 14.8. The highest BCUT2D eigenvalue weighted by Crippen LogP contribution is 2.28. The number of aryl methyl sites for hydroxylation is 1. The molecule has 3 N–H and O–H groups in total. The van der Waals surface area contributed by atoms with Crippen LogP contribution in [0.5, 0.6) is 5.75 Å². The van der Waals surface area contributed by atoms with Crippen LogP contribution in [0.2, 0.25) is 0 Å². The maximum Gasteiger partial charge on any atom is 0.308 e. The van der Waals surface area contributed by atoms with Crippen molar-refractivity contribution in [3.8, 4) is 5.75 Å². The van der Waals surface area contributed by atoms with Gasteiger partial charge >= 0.3 is 5.97 Å². The van der Waals surface area contributed by atoms with E-state index >= 15 is 0 Å². The summed E-state index contributed by atoms with van der Waals surface area (Å²) in [5.41, 5.74) is 2.71. The highest BCUT2D eigenvalue weighted by molar-refractivity contribution is 5.99. The maximum atomic E-state index is 12.4. The van der Waals surface area contributed by atoms with E-state index in [1.807, 2.05) is 31.2 Å². The number of amides is 2. The maximum absolute atomic E-state index is 12.4. The second kappa shape index (κ2) is 7.90.